The summed E-state index contributed by atoms with van der Waals surface area (Å²) in [5.41, 5.74) is 0. The van der Waals surface area contributed by atoms with Gasteiger partial charge in [-0.25, -0.2) is 4.98 Å². The van der Waals surface area contributed by atoms with Crippen LogP contribution in [0.25, 0.3) is 0 Å². The van der Waals surface area contributed by atoms with E-state index in [1.54, 1.807) is 0 Å². The second kappa shape index (κ2) is 4.24. The molecular weight excluding hydrogens is 240 g/mol. The first-order valence-corrected chi connectivity index (χ1v) is 4.89. The van der Waals surface area contributed by atoms with Crippen LogP contribution in [0.4, 0.5) is 5.95 Å². The lowest BCUT2D eigenvalue weighted by Crippen LogP contribution is -2.14. The predicted molar refractivity (Wildman–Crippen MR) is 52.7 cm³/mol. The molecule has 0 saturated heterocycles. The minimum atomic E-state index is -0.465. The zero-order valence-electron chi connectivity index (χ0n) is 7.09. The standard InChI is InChI=1S/C6H3ClN6OS/c7-5-12-11-4(15-5)3(14)10-6-8-1-2-9-13-6/h1-2H,(H,8,10,13,14). The summed E-state index contributed by atoms with van der Waals surface area (Å²) in [6.07, 6.45) is 2.81. The number of halogens is 1. The third-order valence-electron chi connectivity index (χ3n) is 1.30. The summed E-state index contributed by atoms with van der Waals surface area (Å²) in [5.74, 6) is -0.360. The number of aromatic nitrogens is 5. The molecule has 0 fully saturated rings. The Balaban J connectivity index is 2.11. The van der Waals surface area contributed by atoms with E-state index in [0.29, 0.717) is 0 Å². The Bertz CT molecular complexity index is 473. The molecule has 0 aliphatic rings. The van der Waals surface area contributed by atoms with Crippen molar-refractivity contribution in [1.82, 2.24) is 25.4 Å². The van der Waals surface area contributed by atoms with Crippen molar-refractivity contribution in [2.24, 2.45) is 0 Å². The quantitative estimate of drug-likeness (QED) is 0.830. The Labute approximate surface area is 92.5 Å². The van der Waals surface area contributed by atoms with E-state index in [-0.39, 0.29) is 15.4 Å². The van der Waals surface area contributed by atoms with Crippen molar-refractivity contribution >= 4 is 34.8 Å². The molecule has 1 N–H and O–H groups in total. The van der Waals surface area contributed by atoms with E-state index in [2.05, 4.69) is 30.7 Å². The molecule has 0 atom stereocenters. The molecule has 0 saturated carbocycles. The van der Waals surface area contributed by atoms with Crippen molar-refractivity contribution in [3.8, 4) is 0 Å². The third-order valence-corrected chi connectivity index (χ3v) is 2.32. The summed E-state index contributed by atoms with van der Waals surface area (Å²) in [6.45, 7) is 0. The highest BCUT2D eigenvalue weighted by molar-refractivity contribution is 7.17. The van der Waals surface area contributed by atoms with E-state index < -0.39 is 5.91 Å². The summed E-state index contributed by atoms with van der Waals surface area (Å²) >= 11 is 6.50. The number of rotatable bonds is 2. The van der Waals surface area contributed by atoms with Crippen LogP contribution < -0.4 is 5.32 Å². The van der Waals surface area contributed by atoms with Gasteiger partial charge in [-0.1, -0.05) is 11.3 Å². The Morgan fingerprint density at radius 3 is 2.80 bits per heavy atom. The van der Waals surface area contributed by atoms with Crippen LogP contribution in [0.1, 0.15) is 9.80 Å². The molecule has 1 amide bonds. The Hall–Kier alpha value is -1.67. The highest BCUT2D eigenvalue weighted by Gasteiger charge is 2.12. The number of hydrogen-bond acceptors (Lipinski definition) is 7. The summed E-state index contributed by atoms with van der Waals surface area (Å²) in [5, 5.41) is 16.7. The van der Waals surface area contributed by atoms with Crippen molar-refractivity contribution in [1.29, 1.82) is 0 Å². The summed E-state index contributed by atoms with van der Waals surface area (Å²) in [4.78, 5) is 15.2. The van der Waals surface area contributed by atoms with Gasteiger partial charge in [-0.2, -0.15) is 5.10 Å². The first-order valence-electron chi connectivity index (χ1n) is 3.70. The number of carbonyl (C=O) groups excluding carboxylic acids is 1. The molecule has 2 aromatic rings. The van der Waals surface area contributed by atoms with Crippen molar-refractivity contribution < 1.29 is 4.79 Å². The van der Waals surface area contributed by atoms with Crippen LogP contribution in [0.5, 0.6) is 0 Å². The molecule has 7 nitrogen and oxygen atoms in total. The maximum Gasteiger partial charge on any atom is 0.289 e. The lowest BCUT2D eigenvalue weighted by molar-refractivity contribution is 0.102. The fourth-order valence-electron chi connectivity index (χ4n) is 0.757. The number of hydrogen-bond donors (Lipinski definition) is 1. The zero-order chi connectivity index (χ0) is 10.7. The van der Waals surface area contributed by atoms with Gasteiger partial charge < -0.3 is 0 Å². The Kier molecular flexibility index (Phi) is 2.79. The molecule has 0 aromatic carbocycles. The van der Waals surface area contributed by atoms with E-state index in [4.69, 9.17) is 11.6 Å². The maximum absolute atomic E-state index is 11.5. The van der Waals surface area contributed by atoms with Crippen molar-refractivity contribution in [3.05, 3.63) is 21.9 Å². The molecule has 0 spiro atoms. The van der Waals surface area contributed by atoms with Crippen LogP contribution in [0.2, 0.25) is 4.47 Å². The van der Waals surface area contributed by atoms with Gasteiger partial charge in [0.05, 0.1) is 12.4 Å². The van der Waals surface area contributed by atoms with Gasteiger partial charge in [-0.3, -0.25) is 10.1 Å². The van der Waals surface area contributed by atoms with E-state index in [9.17, 15) is 4.79 Å². The van der Waals surface area contributed by atoms with Crippen LogP contribution >= 0.6 is 22.9 Å². The molecule has 76 valence electrons. The summed E-state index contributed by atoms with van der Waals surface area (Å²) < 4.78 is 0.201. The average Bonchev–Trinajstić information content (AvgIpc) is 2.66. The molecule has 2 rings (SSSR count). The summed E-state index contributed by atoms with van der Waals surface area (Å²) in [7, 11) is 0. The van der Waals surface area contributed by atoms with Gasteiger partial charge in [0, 0.05) is 0 Å². The largest absolute Gasteiger partial charge is 0.289 e. The van der Waals surface area contributed by atoms with Gasteiger partial charge in [0.25, 0.3) is 5.91 Å². The van der Waals surface area contributed by atoms with Crippen LogP contribution in [0, 0.1) is 0 Å². The van der Waals surface area contributed by atoms with Crippen LogP contribution in [0.3, 0.4) is 0 Å². The topological polar surface area (TPSA) is 93.6 Å². The molecule has 2 aromatic heterocycles. The number of carbonyl (C=O) groups is 1. The lowest BCUT2D eigenvalue weighted by Gasteiger charge is -1.97. The molecule has 9 heteroatoms. The second-order valence-electron chi connectivity index (χ2n) is 2.28. The van der Waals surface area contributed by atoms with Crippen molar-refractivity contribution in [2.45, 2.75) is 0 Å². The maximum atomic E-state index is 11.5. The zero-order valence-corrected chi connectivity index (χ0v) is 8.66. The highest BCUT2D eigenvalue weighted by Crippen LogP contribution is 2.15. The van der Waals surface area contributed by atoms with E-state index in [1.807, 2.05) is 0 Å². The van der Waals surface area contributed by atoms with Gasteiger partial charge >= 0.3 is 0 Å². The van der Waals surface area contributed by atoms with Crippen molar-refractivity contribution in [3.63, 3.8) is 0 Å². The SMILES string of the molecule is O=C(Nc1nccnn1)c1nnc(Cl)s1. The molecule has 0 unspecified atom stereocenters. The molecule has 0 aliphatic heterocycles. The van der Waals surface area contributed by atoms with Crippen LogP contribution in [0.15, 0.2) is 12.4 Å². The number of nitrogens with zero attached hydrogens (tertiary/aromatic N) is 5. The number of anilines is 1. The second-order valence-corrected chi connectivity index (χ2v) is 3.84. The third kappa shape index (κ3) is 2.42. The van der Waals surface area contributed by atoms with Crippen LogP contribution in [-0.4, -0.2) is 31.3 Å². The van der Waals surface area contributed by atoms with Gasteiger partial charge in [0.2, 0.25) is 15.4 Å². The van der Waals surface area contributed by atoms with Gasteiger partial charge in [-0.15, -0.1) is 15.3 Å². The van der Waals surface area contributed by atoms with Gasteiger partial charge in [0.1, 0.15) is 0 Å². The normalized spacial score (nSPS) is 9.93. The summed E-state index contributed by atoms with van der Waals surface area (Å²) in [6, 6.07) is 0. The van der Waals surface area contributed by atoms with E-state index >= 15 is 0 Å². The van der Waals surface area contributed by atoms with E-state index in [1.165, 1.54) is 12.4 Å². The smallest absolute Gasteiger partial charge is 0.287 e. The highest BCUT2D eigenvalue weighted by atomic mass is 35.5. The molecule has 0 radical (unpaired) electrons. The number of nitrogens with one attached hydrogen (secondary N) is 1. The fraction of sp³-hybridized carbons (Fsp3) is 0. The Morgan fingerprint density at radius 1 is 1.33 bits per heavy atom. The van der Waals surface area contributed by atoms with Crippen LogP contribution in [-0.2, 0) is 0 Å². The Morgan fingerprint density at radius 2 is 2.20 bits per heavy atom. The predicted octanol–water partition coefficient (Wildman–Crippen LogP) is 0.629. The average molecular weight is 243 g/mol. The number of amides is 1. The molecule has 0 bridgehead atoms. The minimum absolute atomic E-state index is 0.105. The monoisotopic (exact) mass is 242 g/mol. The first kappa shape index (κ1) is 9.87. The fourth-order valence-corrected chi connectivity index (χ4v) is 1.48. The van der Waals surface area contributed by atoms with Crippen molar-refractivity contribution in [2.75, 3.05) is 5.32 Å². The minimum Gasteiger partial charge on any atom is -0.287 e. The van der Waals surface area contributed by atoms with Gasteiger partial charge in [0.15, 0.2) is 0 Å². The van der Waals surface area contributed by atoms with Gasteiger partial charge in [-0.05, 0) is 11.6 Å². The molecule has 0 aliphatic carbocycles. The first-order chi connectivity index (χ1) is 7.25. The van der Waals surface area contributed by atoms with E-state index in [0.717, 1.165) is 11.3 Å². The molecular formula is C6H3ClN6OS. The molecule has 2 heterocycles. The lowest BCUT2D eigenvalue weighted by atomic mass is 10.6. The molecule has 15 heavy (non-hydrogen) atoms.